The summed E-state index contributed by atoms with van der Waals surface area (Å²) >= 11 is 0. The molecule has 2 amide bonds. The monoisotopic (exact) mass is 462 g/mol. The minimum atomic E-state index is -0.858. The highest BCUT2D eigenvalue weighted by atomic mass is 16.5. The van der Waals surface area contributed by atoms with Gasteiger partial charge in [-0.05, 0) is 54.9 Å². The number of fused-ring (bicyclic) bond motifs is 3. The molecule has 0 aromatic heterocycles. The molecule has 2 atom stereocenters. The van der Waals surface area contributed by atoms with Gasteiger partial charge in [-0.15, -0.1) is 0 Å². The molecule has 1 heterocycles. The van der Waals surface area contributed by atoms with Crippen molar-refractivity contribution in [2.45, 2.75) is 56.5 Å². The van der Waals surface area contributed by atoms with Crippen LogP contribution in [0.15, 0.2) is 48.5 Å². The highest BCUT2D eigenvalue weighted by Gasteiger charge is 2.48. The van der Waals surface area contributed by atoms with Gasteiger partial charge in [-0.3, -0.25) is 9.59 Å². The van der Waals surface area contributed by atoms with E-state index in [0.717, 1.165) is 11.1 Å². The van der Waals surface area contributed by atoms with E-state index >= 15 is 0 Å². The van der Waals surface area contributed by atoms with E-state index in [1.807, 2.05) is 24.3 Å². The molecule has 2 aromatic rings. The Hall–Kier alpha value is -3.35. The number of nitrogens with zero attached hydrogens (tertiary/aromatic N) is 1. The third-order valence-corrected chi connectivity index (χ3v) is 7.68. The first kappa shape index (κ1) is 22.4. The molecule has 1 aliphatic heterocycles. The lowest BCUT2D eigenvalue weighted by Crippen LogP contribution is -2.51. The molecule has 1 saturated heterocycles. The topological polar surface area (TPSA) is 95.9 Å². The summed E-state index contributed by atoms with van der Waals surface area (Å²) in [6.07, 6.45) is 2.36. The van der Waals surface area contributed by atoms with Crippen LogP contribution in [0.2, 0.25) is 0 Å². The third-order valence-electron chi connectivity index (χ3n) is 7.68. The minimum Gasteiger partial charge on any atom is -0.481 e. The molecule has 34 heavy (non-hydrogen) atoms. The number of carboxylic acid groups (broad SMARTS) is 1. The summed E-state index contributed by atoms with van der Waals surface area (Å²) in [5, 5.41) is 12.4. The van der Waals surface area contributed by atoms with Crippen LogP contribution < -0.4 is 5.32 Å². The highest BCUT2D eigenvalue weighted by molar-refractivity contribution is 5.82. The number of ether oxygens (including phenoxy) is 1. The number of amides is 2. The van der Waals surface area contributed by atoms with E-state index in [9.17, 15) is 19.5 Å². The second-order valence-electron chi connectivity index (χ2n) is 9.82. The van der Waals surface area contributed by atoms with Crippen molar-refractivity contribution in [1.29, 1.82) is 0 Å². The SMILES string of the molecule is C[C@@H]1[C@H](C(=O)O)CCCN1C(=O)CC1(NC(=O)OCC2c3ccccc3-c3ccccc32)CC1. The molecule has 0 bridgehead atoms. The largest absolute Gasteiger partial charge is 0.481 e. The van der Waals surface area contributed by atoms with Gasteiger partial charge in [0.2, 0.25) is 5.91 Å². The molecule has 2 aromatic carbocycles. The molecule has 2 fully saturated rings. The normalized spacial score (nSPS) is 22.4. The van der Waals surface area contributed by atoms with Gasteiger partial charge in [-0.1, -0.05) is 48.5 Å². The second-order valence-corrected chi connectivity index (χ2v) is 9.82. The molecule has 3 aliphatic rings. The van der Waals surface area contributed by atoms with Crippen LogP contribution in [0, 0.1) is 5.92 Å². The zero-order valence-electron chi connectivity index (χ0n) is 19.3. The van der Waals surface area contributed by atoms with Crippen molar-refractivity contribution in [2.24, 2.45) is 5.92 Å². The summed E-state index contributed by atoms with van der Waals surface area (Å²) < 4.78 is 5.66. The molecule has 2 N–H and O–H groups in total. The summed E-state index contributed by atoms with van der Waals surface area (Å²) in [5.41, 5.74) is 4.06. The number of carboxylic acids is 1. The van der Waals surface area contributed by atoms with Crippen molar-refractivity contribution < 1.29 is 24.2 Å². The van der Waals surface area contributed by atoms with Crippen LogP contribution in [-0.4, -0.2) is 52.7 Å². The molecule has 5 rings (SSSR count). The number of aliphatic carboxylic acids is 1. The predicted molar refractivity (Wildman–Crippen MR) is 126 cm³/mol. The van der Waals surface area contributed by atoms with Crippen molar-refractivity contribution in [3.63, 3.8) is 0 Å². The number of carbonyl (C=O) groups excluding carboxylic acids is 2. The van der Waals surface area contributed by atoms with Gasteiger partial charge in [-0.25, -0.2) is 4.79 Å². The van der Waals surface area contributed by atoms with Gasteiger partial charge < -0.3 is 20.1 Å². The van der Waals surface area contributed by atoms with E-state index < -0.39 is 23.5 Å². The summed E-state index contributed by atoms with van der Waals surface area (Å²) in [6, 6.07) is 16.0. The first-order valence-corrected chi connectivity index (χ1v) is 12.0. The molecule has 0 spiro atoms. The van der Waals surface area contributed by atoms with Crippen LogP contribution in [0.3, 0.4) is 0 Å². The number of rotatable bonds is 6. The van der Waals surface area contributed by atoms with Gasteiger partial charge in [0, 0.05) is 18.5 Å². The lowest BCUT2D eigenvalue weighted by molar-refractivity contribution is -0.149. The number of piperidine rings is 1. The zero-order chi connectivity index (χ0) is 23.9. The molecule has 178 valence electrons. The van der Waals surface area contributed by atoms with Crippen molar-refractivity contribution in [3.05, 3.63) is 59.7 Å². The number of benzene rings is 2. The van der Waals surface area contributed by atoms with Crippen molar-refractivity contribution >= 4 is 18.0 Å². The van der Waals surface area contributed by atoms with E-state index in [-0.39, 0.29) is 30.9 Å². The molecular formula is C27H30N2O5. The van der Waals surface area contributed by atoms with E-state index in [4.69, 9.17) is 4.74 Å². The second kappa shape index (κ2) is 8.78. The summed E-state index contributed by atoms with van der Waals surface area (Å²) in [4.78, 5) is 38.9. The highest BCUT2D eigenvalue weighted by Crippen LogP contribution is 2.45. The standard InChI is InChI=1S/C27H30N2O5/c1-17-18(25(31)32)11-6-14-29(17)24(30)15-27(12-13-27)28-26(33)34-16-23-21-9-4-2-7-19(21)20-8-3-5-10-22(20)23/h2-5,7-10,17-18,23H,6,11-16H2,1H3,(H,28,33)(H,31,32)/t17-,18-/m1/s1. The Kier molecular flexibility index (Phi) is 5.80. The first-order valence-electron chi connectivity index (χ1n) is 12.0. The van der Waals surface area contributed by atoms with Crippen LogP contribution in [0.1, 0.15) is 56.1 Å². The summed E-state index contributed by atoms with van der Waals surface area (Å²) in [6.45, 7) is 2.59. The fourth-order valence-electron chi connectivity index (χ4n) is 5.56. The molecule has 7 heteroatoms. The Morgan fingerprint density at radius 1 is 1.06 bits per heavy atom. The van der Waals surface area contributed by atoms with E-state index in [1.54, 1.807) is 11.8 Å². The van der Waals surface area contributed by atoms with Crippen LogP contribution in [0.25, 0.3) is 11.1 Å². The lowest BCUT2D eigenvalue weighted by atomic mass is 9.90. The van der Waals surface area contributed by atoms with Gasteiger partial charge in [0.05, 0.1) is 17.9 Å². The van der Waals surface area contributed by atoms with Crippen molar-refractivity contribution in [2.75, 3.05) is 13.2 Å². The van der Waals surface area contributed by atoms with Gasteiger partial charge in [-0.2, -0.15) is 0 Å². The van der Waals surface area contributed by atoms with Crippen molar-refractivity contribution in [1.82, 2.24) is 10.2 Å². The van der Waals surface area contributed by atoms with E-state index in [0.29, 0.717) is 32.2 Å². The maximum absolute atomic E-state index is 13.0. The Balaban J connectivity index is 1.19. The number of hydrogen-bond acceptors (Lipinski definition) is 4. The zero-order valence-corrected chi connectivity index (χ0v) is 19.3. The maximum Gasteiger partial charge on any atom is 0.407 e. The van der Waals surface area contributed by atoms with Crippen LogP contribution in [0.4, 0.5) is 4.79 Å². The fourth-order valence-corrected chi connectivity index (χ4v) is 5.56. The smallest absolute Gasteiger partial charge is 0.407 e. The maximum atomic E-state index is 13.0. The average molecular weight is 463 g/mol. The molecule has 0 radical (unpaired) electrons. The Labute approximate surface area is 199 Å². The van der Waals surface area contributed by atoms with Gasteiger partial charge in [0.15, 0.2) is 0 Å². The molecular weight excluding hydrogens is 432 g/mol. The molecule has 1 saturated carbocycles. The Morgan fingerprint density at radius 2 is 1.68 bits per heavy atom. The van der Waals surface area contributed by atoms with Gasteiger partial charge >= 0.3 is 12.1 Å². The van der Waals surface area contributed by atoms with E-state index in [1.165, 1.54) is 11.1 Å². The number of alkyl carbamates (subject to hydrolysis) is 1. The number of likely N-dealkylation sites (tertiary alicyclic amines) is 1. The van der Waals surface area contributed by atoms with Crippen LogP contribution >= 0.6 is 0 Å². The number of nitrogens with one attached hydrogen (secondary N) is 1. The van der Waals surface area contributed by atoms with Crippen LogP contribution in [-0.2, 0) is 14.3 Å². The number of carbonyl (C=O) groups is 3. The number of hydrogen-bond donors (Lipinski definition) is 2. The molecule has 0 unspecified atom stereocenters. The predicted octanol–water partition coefficient (Wildman–Crippen LogP) is 4.16. The summed E-state index contributed by atoms with van der Waals surface area (Å²) in [5.74, 6) is -1.52. The Morgan fingerprint density at radius 3 is 2.26 bits per heavy atom. The van der Waals surface area contributed by atoms with Crippen molar-refractivity contribution in [3.8, 4) is 11.1 Å². The molecule has 2 aliphatic carbocycles. The van der Waals surface area contributed by atoms with Crippen LogP contribution in [0.5, 0.6) is 0 Å². The fraction of sp³-hybridized carbons (Fsp3) is 0.444. The quantitative estimate of drug-likeness (QED) is 0.672. The minimum absolute atomic E-state index is 0.0166. The van der Waals surface area contributed by atoms with E-state index in [2.05, 4.69) is 29.6 Å². The average Bonchev–Trinajstić information content (AvgIpc) is 3.49. The van der Waals surface area contributed by atoms with Gasteiger partial charge in [0.1, 0.15) is 6.61 Å². The first-order chi connectivity index (χ1) is 16.4. The molecule has 7 nitrogen and oxygen atoms in total. The lowest BCUT2D eigenvalue weighted by Gasteiger charge is -2.38. The summed E-state index contributed by atoms with van der Waals surface area (Å²) in [7, 11) is 0. The Bertz CT molecular complexity index is 1080. The third kappa shape index (κ3) is 4.15. The van der Waals surface area contributed by atoms with Gasteiger partial charge in [0.25, 0.3) is 0 Å².